The molecule has 1 fully saturated rings. The maximum Gasteiger partial charge on any atom is 0.121 e. The Hall–Kier alpha value is -1.10. The van der Waals surface area contributed by atoms with Gasteiger partial charge >= 0.3 is 0 Å². The molecule has 0 heterocycles. The van der Waals surface area contributed by atoms with E-state index in [4.69, 9.17) is 10.5 Å². The Morgan fingerprint density at radius 3 is 2.76 bits per heavy atom. The average molecular weight is 292 g/mol. The monoisotopic (exact) mass is 292 g/mol. The van der Waals surface area contributed by atoms with Gasteiger partial charge in [-0.05, 0) is 42.9 Å². The summed E-state index contributed by atoms with van der Waals surface area (Å²) in [6.45, 7) is 2.87. The summed E-state index contributed by atoms with van der Waals surface area (Å²) in [7, 11) is 1.69. The van der Waals surface area contributed by atoms with Crippen molar-refractivity contribution in [2.75, 3.05) is 20.3 Å². The molecule has 1 aliphatic rings. The van der Waals surface area contributed by atoms with Crippen molar-refractivity contribution in [3.63, 3.8) is 0 Å². The molecule has 2 rings (SSSR count). The van der Waals surface area contributed by atoms with E-state index in [1.165, 1.54) is 18.4 Å². The molecule has 4 heteroatoms. The van der Waals surface area contributed by atoms with Gasteiger partial charge < -0.3 is 20.9 Å². The minimum atomic E-state index is 0.131. The Morgan fingerprint density at radius 1 is 1.38 bits per heavy atom. The third-order valence-corrected chi connectivity index (χ3v) is 4.62. The molecule has 0 saturated heterocycles. The summed E-state index contributed by atoms with van der Waals surface area (Å²) in [6, 6.07) is 6.71. The van der Waals surface area contributed by atoms with E-state index in [0.717, 1.165) is 24.2 Å². The maximum atomic E-state index is 9.54. The first-order valence-corrected chi connectivity index (χ1v) is 7.91. The highest BCUT2D eigenvalue weighted by Crippen LogP contribution is 2.28. The SMILES string of the molecule is COc1ccc(C(CN)NC2CCCCC2CO)cc1C. The number of ether oxygens (including phenoxy) is 1. The zero-order valence-corrected chi connectivity index (χ0v) is 13.1. The van der Waals surface area contributed by atoms with Gasteiger partial charge in [-0.15, -0.1) is 0 Å². The first-order valence-electron chi connectivity index (χ1n) is 7.91. The Labute approximate surface area is 127 Å². The predicted molar refractivity (Wildman–Crippen MR) is 85.5 cm³/mol. The molecular weight excluding hydrogens is 264 g/mol. The van der Waals surface area contributed by atoms with E-state index >= 15 is 0 Å². The topological polar surface area (TPSA) is 67.5 Å². The third-order valence-electron chi connectivity index (χ3n) is 4.62. The molecule has 0 aliphatic heterocycles. The van der Waals surface area contributed by atoms with Gasteiger partial charge in [-0.3, -0.25) is 0 Å². The highest BCUT2D eigenvalue weighted by molar-refractivity contribution is 5.37. The largest absolute Gasteiger partial charge is 0.496 e. The second-order valence-corrected chi connectivity index (χ2v) is 6.02. The molecule has 0 aromatic heterocycles. The van der Waals surface area contributed by atoms with Crippen LogP contribution in [0.15, 0.2) is 18.2 Å². The summed E-state index contributed by atoms with van der Waals surface area (Å²) in [4.78, 5) is 0. The predicted octanol–water partition coefficient (Wildman–Crippen LogP) is 2.14. The van der Waals surface area contributed by atoms with Crippen molar-refractivity contribution in [2.24, 2.45) is 11.7 Å². The lowest BCUT2D eigenvalue weighted by Crippen LogP contribution is -2.44. The van der Waals surface area contributed by atoms with Crippen LogP contribution in [0.1, 0.15) is 42.9 Å². The Morgan fingerprint density at radius 2 is 2.14 bits per heavy atom. The number of aliphatic hydroxyl groups is 1. The number of hydrogen-bond acceptors (Lipinski definition) is 4. The van der Waals surface area contributed by atoms with E-state index < -0.39 is 0 Å². The van der Waals surface area contributed by atoms with E-state index in [0.29, 0.717) is 18.5 Å². The van der Waals surface area contributed by atoms with Gasteiger partial charge in [0, 0.05) is 25.2 Å². The number of methoxy groups -OCH3 is 1. The van der Waals surface area contributed by atoms with Crippen molar-refractivity contribution in [1.82, 2.24) is 5.32 Å². The summed E-state index contributed by atoms with van der Waals surface area (Å²) >= 11 is 0. The number of hydrogen-bond donors (Lipinski definition) is 3. The first kappa shape index (κ1) is 16.3. The Bertz CT molecular complexity index is 450. The number of aryl methyl sites for hydroxylation is 1. The number of nitrogens with two attached hydrogens (primary N) is 1. The maximum absolute atomic E-state index is 9.54. The second kappa shape index (κ2) is 7.78. The van der Waals surface area contributed by atoms with Gasteiger partial charge in [0.15, 0.2) is 0 Å². The van der Waals surface area contributed by atoms with Gasteiger partial charge in [-0.25, -0.2) is 0 Å². The van der Waals surface area contributed by atoms with Gasteiger partial charge in [0.2, 0.25) is 0 Å². The molecule has 0 radical (unpaired) electrons. The smallest absolute Gasteiger partial charge is 0.121 e. The number of benzene rings is 1. The summed E-state index contributed by atoms with van der Waals surface area (Å²) in [5, 5.41) is 13.2. The van der Waals surface area contributed by atoms with E-state index in [1.54, 1.807) is 7.11 Å². The van der Waals surface area contributed by atoms with Crippen LogP contribution in [0.4, 0.5) is 0 Å². The summed E-state index contributed by atoms with van der Waals surface area (Å²) in [5.41, 5.74) is 8.29. The van der Waals surface area contributed by atoms with Crippen LogP contribution in [0.25, 0.3) is 0 Å². The molecule has 1 aromatic rings. The van der Waals surface area contributed by atoms with Gasteiger partial charge in [0.05, 0.1) is 7.11 Å². The number of rotatable bonds is 6. The molecular formula is C17H28N2O2. The van der Waals surface area contributed by atoms with Crippen LogP contribution in [0.3, 0.4) is 0 Å². The zero-order chi connectivity index (χ0) is 15.2. The molecule has 3 atom stereocenters. The van der Waals surface area contributed by atoms with Crippen molar-refractivity contribution in [3.05, 3.63) is 29.3 Å². The van der Waals surface area contributed by atoms with Crippen LogP contribution in [0.5, 0.6) is 5.75 Å². The van der Waals surface area contributed by atoms with Crippen LogP contribution in [-0.2, 0) is 0 Å². The molecule has 1 aliphatic carbocycles. The summed E-state index contributed by atoms with van der Waals surface area (Å²) in [5.74, 6) is 1.26. The molecule has 0 bridgehead atoms. The fraction of sp³-hybridized carbons (Fsp3) is 0.647. The number of nitrogens with one attached hydrogen (secondary N) is 1. The van der Waals surface area contributed by atoms with Crippen LogP contribution in [0.2, 0.25) is 0 Å². The summed E-state index contributed by atoms with van der Waals surface area (Å²) in [6.07, 6.45) is 4.68. The van der Waals surface area contributed by atoms with E-state index in [1.807, 2.05) is 13.0 Å². The average Bonchev–Trinajstić information content (AvgIpc) is 2.52. The standard InChI is InChI=1S/C17H28N2O2/c1-12-9-13(7-8-17(12)21-2)16(10-18)19-15-6-4-3-5-14(15)11-20/h7-9,14-16,19-20H,3-6,10-11,18H2,1-2H3. The van der Waals surface area contributed by atoms with E-state index in [2.05, 4.69) is 17.4 Å². The minimum absolute atomic E-state index is 0.131. The third kappa shape index (κ3) is 3.96. The van der Waals surface area contributed by atoms with Crippen molar-refractivity contribution in [3.8, 4) is 5.75 Å². The minimum Gasteiger partial charge on any atom is -0.496 e. The van der Waals surface area contributed by atoms with E-state index in [9.17, 15) is 5.11 Å². The normalized spacial score (nSPS) is 23.8. The molecule has 0 spiro atoms. The van der Waals surface area contributed by atoms with Gasteiger partial charge in [-0.2, -0.15) is 0 Å². The Kier molecular flexibility index (Phi) is 6.03. The quantitative estimate of drug-likeness (QED) is 0.751. The van der Waals surface area contributed by atoms with Crippen molar-refractivity contribution < 1.29 is 9.84 Å². The molecule has 1 saturated carbocycles. The highest BCUT2D eigenvalue weighted by atomic mass is 16.5. The molecule has 3 unspecified atom stereocenters. The zero-order valence-electron chi connectivity index (χ0n) is 13.1. The Balaban J connectivity index is 2.10. The van der Waals surface area contributed by atoms with Crippen LogP contribution < -0.4 is 15.8 Å². The lowest BCUT2D eigenvalue weighted by molar-refractivity contribution is 0.146. The lowest BCUT2D eigenvalue weighted by atomic mass is 9.84. The van der Waals surface area contributed by atoms with Crippen molar-refractivity contribution in [1.29, 1.82) is 0 Å². The molecule has 0 amide bonds. The summed E-state index contributed by atoms with van der Waals surface area (Å²) < 4.78 is 5.31. The number of aliphatic hydroxyl groups excluding tert-OH is 1. The van der Waals surface area contributed by atoms with Gasteiger partial charge in [0.25, 0.3) is 0 Å². The molecule has 4 N–H and O–H groups in total. The first-order chi connectivity index (χ1) is 10.2. The van der Waals surface area contributed by atoms with Gasteiger partial charge in [-0.1, -0.05) is 25.0 Å². The van der Waals surface area contributed by atoms with Crippen LogP contribution >= 0.6 is 0 Å². The van der Waals surface area contributed by atoms with Crippen molar-refractivity contribution in [2.45, 2.75) is 44.7 Å². The highest BCUT2D eigenvalue weighted by Gasteiger charge is 2.26. The fourth-order valence-electron chi connectivity index (χ4n) is 3.32. The van der Waals surface area contributed by atoms with Crippen molar-refractivity contribution >= 4 is 0 Å². The lowest BCUT2D eigenvalue weighted by Gasteiger charge is -2.34. The van der Waals surface area contributed by atoms with Gasteiger partial charge in [0.1, 0.15) is 5.75 Å². The molecule has 21 heavy (non-hydrogen) atoms. The molecule has 1 aromatic carbocycles. The fourth-order valence-corrected chi connectivity index (χ4v) is 3.32. The van der Waals surface area contributed by atoms with Crippen LogP contribution in [0, 0.1) is 12.8 Å². The molecule has 118 valence electrons. The molecule has 4 nitrogen and oxygen atoms in total. The van der Waals surface area contributed by atoms with E-state index in [-0.39, 0.29) is 12.6 Å². The van der Waals surface area contributed by atoms with Crippen LogP contribution in [-0.4, -0.2) is 31.4 Å². The second-order valence-electron chi connectivity index (χ2n) is 6.02.